The van der Waals surface area contributed by atoms with E-state index in [4.69, 9.17) is 0 Å². The Hall–Kier alpha value is 1.02. The van der Waals surface area contributed by atoms with Crippen molar-refractivity contribution in [2.75, 3.05) is 14.1 Å². The van der Waals surface area contributed by atoms with Gasteiger partial charge in [0.1, 0.15) is 0 Å². The van der Waals surface area contributed by atoms with Gasteiger partial charge in [-0.2, -0.15) is 0 Å². The molecule has 0 aromatic carbocycles. The van der Waals surface area contributed by atoms with Crippen LogP contribution in [0.1, 0.15) is 27.7 Å². The van der Waals surface area contributed by atoms with Crippen LogP contribution in [0, 0.1) is 41.8 Å². The first-order valence-electron chi connectivity index (χ1n) is 5.27. The molecule has 0 aromatic rings. The van der Waals surface area contributed by atoms with Gasteiger partial charge in [0.2, 0.25) is 0 Å². The molecule has 0 aromatic heterocycles. The monoisotopic (exact) mass is 469 g/mol. The first-order chi connectivity index (χ1) is 7.20. The average molecular weight is 471 g/mol. The third-order valence-corrected chi connectivity index (χ3v) is 17.9. The Morgan fingerprint density at radius 2 is 1.19 bits per heavy atom. The first kappa shape index (κ1) is 17.0. The third kappa shape index (κ3) is 4.72. The zero-order chi connectivity index (χ0) is 13.0. The summed E-state index contributed by atoms with van der Waals surface area (Å²) < 4.78 is 3.63. The third-order valence-electron chi connectivity index (χ3n) is 2.20. The number of rotatable bonds is 4. The second-order valence-electron chi connectivity index (χ2n) is 4.37. The molecule has 0 rings (SSSR count). The summed E-state index contributed by atoms with van der Waals surface area (Å²) in [6.45, 7) is 7.55. The van der Waals surface area contributed by atoms with E-state index in [0.29, 0.717) is 0 Å². The zero-order valence-corrected chi connectivity index (χ0v) is 16.1. The van der Waals surface area contributed by atoms with Crippen molar-refractivity contribution in [2.24, 2.45) is 11.8 Å². The summed E-state index contributed by atoms with van der Waals surface area (Å²) in [6, 6.07) is 0. The van der Waals surface area contributed by atoms with Crippen LogP contribution in [-0.4, -0.2) is 27.9 Å². The van der Waals surface area contributed by atoms with Crippen molar-refractivity contribution in [1.82, 2.24) is 1.97 Å². The molecule has 0 aliphatic rings. The fraction of sp³-hybridized carbons (Fsp3) is 0.800. The predicted molar refractivity (Wildman–Crippen MR) is 69.2 cm³/mol. The van der Waals surface area contributed by atoms with Crippen molar-refractivity contribution in [3.63, 3.8) is 0 Å². The van der Waals surface area contributed by atoms with Crippen LogP contribution in [0.15, 0.2) is 0 Å². The Balaban J connectivity index is 4.61. The van der Waals surface area contributed by atoms with Crippen LogP contribution in [0.2, 0.25) is 0 Å². The van der Waals surface area contributed by atoms with Gasteiger partial charge in [-0.15, -0.1) is 0 Å². The van der Waals surface area contributed by atoms with Crippen molar-refractivity contribution >= 4 is 26.0 Å². The molecule has 0 aliphatic carbocycles. The van der Waals surface area contributed by atoms with Gasteiger partial charge in [0, 0.05) is 0 Å². The Morgan fingerprint density at radius 3 is 1.38 bits per heavy atom. The minimum absolute atomic E-state index is 0.00215. The summed E-state index contributed by atoms with van der Waals surface area (Å²) in [5.74, 6) is 0.282. The van der Waals surface area contributed by atoms with Crippen molar-refractivity contribution in [3.8, 4) is 0 Å². The molecule has 0 N–H and O–H groups in total. The molecule has 6 heteroatoms. The molecule has 0 spiro atoms. The molecule has 0 aliphatic heterocycles. The van der Waals surface area contributed by atoms with Crippen molar-refractivity contribution in [3.05, 3.63) is 0 Å². The van der Waals surface area contributed by atoms with E-state index in [9.17, 15) is 9.59 Å². The fourth-order valence-corrected chi connectivity index (χ4v) is 8.97. The normalized spacial score (nSPS) is 10.6. The van der Waals surface area contributed by atoms with Crippen LogP contribution in [0.3, 0.4) is 0 Å². The first-order valence-corrected chi connectivity index (χ1v) is 17.4. The molecule has 16 heavy (non-hydrogen) atoms. The van der Waals surface area contributed by atoms with Crippen LogP contribution in [0.4, 0.5) is 0 Å². The minimum atomic E-state index is -2.45. The average Bonchev–Trinajstić information content (AvgIpc) is 2.23. The molecule has 0 unspecified atom stereocenters. The molecular weight excluding hydrogens is 451 g/mol. The van der Waals surface area contributed by atoms with E-state index in [1.807, 2.05) is 43.8 Å². The van der Waals surface area contributed by atoms with Gasteiger partial charge in [-0.05, 0) is 0 Å². The molecule has 0 bridgehead atoms. The SMILES string of the molecule is CC(C)C(=O)[N](C)[Nd]([I])[N](C)C(=O)C(C)C. The van der Waals surface area contributed by atoms with Gasteiger partial charge in [-0.1, -0.05) is 0 Å². The van der Waals surface area contributed by atoms with Gasteiger partial charge in [0.25, 0.3) is 0 Å². The Labute approximate surface area is 119 Å². The van der Waals surface area contributed by atoms with E-state index < -0.39 is 30.0 Å². The molecule has 0 saturated heterocycles. The zero-order valence-electron chi connectivity index (χ0n) is 10.7. The molecule has 2 amide bonds. The molecule has 0 radical (unpaired) electrons. The number of hydrogen-bond donors (Lipinski definition) is 0. The van der Waals surface area contributed by atoms with E-state index in [1.165, 1.54) is 0 Å². The van der Waals surface area contributed by atoms with Crippen LogP contribution >= 0.6 is 14.2 Å². The number of hydrogen-bond acceptors (Lipinski definition) is 2. The standard InChI is InChI=1S/2C5H11NO.HI.Nd/c2*1-4(2)5(7)6-3;;/h2*4H,1-3H3,(H,6,7);1H;/q;;;+3/p-3. The van der Waals surface area contributed by atoms with E-state index in [-0.39, 0.29) is 23.7 Å². The Bertz CT molecular complexity index is 246. The maximum absolute atomic E-state index is 11.8. The van der Waals surface area contributed by atoms with Gasteiger partial charge in [0.15, 0.2) is 0 Å². The van der Waals surface area contributed by atoms with Crippen molar-refractivity contribution in [1.29, 1.82) is 0 Å². The quantitative estimate of drug-likeness (QED) is 0.589. The molecule has 0 heterocycles. The molecular formula is C10H20IN2NdO2. The Morgan fingerprint density at radius 1 is 0.938 bits per heavy atom. The predicted octanol–water partition coefficient (Wildman–Crippen LogP) is 2.02. The van der Waals surface area contributed by atoms with Crippen LogP contribution in [0.25, 0.3) is 0 Å². The van der Waals surface area contributed by atoms with Crippen molar-refractivity contribution < 1.29 is 39.6 Å². The van der Waals surface area contributed by atoms with E-state index in [0.717, 1.165) is 0 Å². The summed E-state index contributed by atoms with van der Waals surface area (Å²) >= 11 is -0.139. The summed E-state index contributed by atoms with van der Waals surface area (Å²) in [7, 11) is 3.64. The number of carbonyl (C=O) groups excluding carboxylic acids is 2. The fourth-order valence-electron chi connectivity index (χ4n) is 1.18. The maximum atomic E-state index is 11.8. The summed E-state index contributed by atoms with van der Waals surface area (Å²) in [6.07, 6.45) is 0. The number of carbonyl (C=O) groups is 2. The van der Waals surface area contributed by atoms with Crippen LogP contribution < -0.4 is 0 Å². The molecule has 0 fully saturated rings. The van der Waals surface area contributed by atoms with Gasteiger partial charge < -0.3 is 0 Å². The second-order valence-corrected chi connectivity index (χ2v) is 17.6. The van der Waals surface area contributed by atoms with Crippen LogP contribution in [0.5, 0.6) is 0 Å². The van der Waals surface area contributed by atoms with Gasteiger partial charge in [-0.3, -0.25) is 0 Å². The summed E-state index contributed by atoms with van der Waals surface area (Å²) in [5, 5.41) is 0. The summed E-state index contributed by atoms with van der Waals surface area (Å²) in [4.78, 5) is 23.6. The topological polar surface area (TPSA) is 40.6 Å². The van der Waals surface area contributed by atoms with Crippen LogP contribution in [-0.2, 0) is 9.59 Å². The molecule has 93 valence electrons. The van der Waals surface area contributed by atoms with E-state index in [1.54, 1.807) is 0 Å². The van der Waals surface area contributed by atoms with Gasteiger partial charge >= 0.3 is 121 Å². The summed E-state index contributed by atoms with van der Waals surface area (Å²) in [5.41, 5.74) is 0. The molecule has 4 nitrogen and oxygen atoms in total. The number of nitrogens with zero attached hydrogens (tertiary/aromatic N) is 2. The second kappa shape index (κ2) is 7.45. The van der Waals surface area contributed by atoms with Gasteiger partial charge in [-0.25, -0.2) is 0 Å². The Kier molecular flexibility index (Phi) is 7.93. The van der Waals surface area contributed by atoms with E-state index >= 15 is 0 Å². The molecule has 0 saturated carbocycles. The van der Waals surface area contributed by atoms with Crippen molar-refractivity contribution in [2.45, 2.75) is 27.7 Å². The molecule has 0 atom stereocenters. The van der Waals surface area contributed by atoms with Gasteiger partial charge in [0.05, 0.1) is 0 Å². The van der Waals surface area contributed by atoms with E-state index in [2.05, 4.69) is 14.2 Å². The number of halogens is 1. The number of amides is 2.